The lowest BCUT2D eigenvalue weighted by Gasteiger charge is -2.48. The summed E-state index contributed by atoms with van der Waals surface area (Å²) in [5.41, 5.74) is 5.33. The summed E-state index contributed by atoms with van der Waals surface area (Å²) in [4.78, 5) is 15.7. The first-order chi connectivity index (χ1) is 8.21. The zero-order chi connectivity index (χ0) is 13.6. The van der Waals surface area contributed by atoms with E-state index in [2.05, 4.69) is 0 Å². The lowest BCUT2D eigenvalue weighted by molar-refractivity contribution is 0.0197. The highest BCUT2D eigenvalue weighted by atomic mass is 32.1. The molecule has 0 atom stereocenters. The second-order valence-electron chi connectivity index (χ2n) is 6.35. The molecule has 18 heavy (non-hydrogen) atoms. The summed E-state index contributed by atoms with van der Waals surface area (Å²) >= 11 is 4.94. The van der Waals surface area contributed by atoms with Crippen molar-refractivity contribution in [2.75, 3.05) is 26.2 Å². The number of rotatable bonds is 0. The minimum atomic E-state index is -0.433. The van der Waals surface area contributed by atoms with Crippen LogP contribution < -0.4 is 5.73 Å². The van der Waals surface area contributed by atoms with E-state index in [0.717, 1.165) is 32.6 Å². The van der Waals surface area contributed by atoms with Crippen LogP contribution in [0.3, 0.4) is 0 Å². The summed E-state index contributed by atoms with van der Waals surface area (Å²) in [6, 6.07) is 0. The summed E-state index contributed by atoms with van der Waals surface area (Å²) in [5, 5.41) is 0.455. The fourth-order valence-corrected chi connectivity index (χ4v) is 2.72. The Morgan fingerprint density at radius 1 is 1.28 bits per heavy atom. The summed E-state index contributed by atoms with van der Waals surface area (Å²) in [7, 11) is 0. The summed E-state index contributed by atoms with van der Waals surface area (Å²) in [6.45, 7) is 8.89. The monoisotopic (exact) mass is 271 g/mol. The number of carbonyl (C=O) groups excluding carboxylic acids is 1. The number of likely N-dealkylation sites (tertiary alicyclic amines) is 2. The molecule has 0 aromatic rings. The predicted molar refractivity (Wildman–Crippen MR) is 73.2 cm³/mol. The van der Waals surface area contributed by atoms with Gasteiger partial charge in [-0.15, -0.1) is 0 Å². The number of nitrogens with two attached hydrogens (primary N) is 1. The third kappa shape index (κ3) is 2.68. The van der Waals surface area contributed by atoms with Crippen LogP contribution in [0, 0.1) is 5.41 Å². The zero-order valence-electron chi connectivity index (χ0n) is 11.2. The van der Waals surface area contributed by atoms with Gasteiger partial charge in [-0.1, -0.05) is 0 Å². The van der Waals surface area contributed by atoms with Crippen molar-refractivity contribution in [3.05, 3.63) is 0 Å². The highest BCUT2D eigenvalue weighted by molar-refractivity contribution is 7.80. The first-order valence-corrected chi connectivity index (χ1v) is 6.64. The van der Waals surface area contributed by atoms with Gasteiger partial charge in [-0.3, -0.25) is 0 Å². The Labute approximate surface area is 113 Å². The zero-order valence-corrected chi connectivity index (χ0v) is 12.0. The minimum absolute atomic E-state index is 0.181. The Bertz CT molecular complexity index is 372. The van der Waals surface area contributed by atoms with Crippen molar-refractivity contribution < 1.29 is 9.53 Å². The van der Waals surface area contributed by atoms with Gasteiger partial charge in [0.2, 0.25) is 0 Å². The Morgan fingerprint density at radius 2 is 1.83 bits per heavy atom. The highest BCUT2D eigenvalue weighted by Gasteiger charge is 2.49. The topological polar surface area (TPSA) is 58.8 Å². The third-order valence-corrected chi connectivity index (χ3v) is 3.71. The second kappa shape index (κ2) is 4.26. The van der Waals surface area contributed by atoms with Gasteiger partial charge in [-0.25, -0.2) is 4.79 Å². The molecule has 2 saturated heterocycles. The van der Waals surface area contributed by atoms with Crippen LogP contribution in [-0.4, -0.2) is 52.8 Å². The maximum Gasteiger partial charge on any atom is 0.410 e. The van der Waals surface area contributed by atoms with Crippen LogP contribution in [0.1, 0.15) is 27.2 Å². The molecule has 1 amide bonds. The third-order valence-electron chi connectivity index (χ3n) is 3.45. The van der Waals surface area contributed by atoms with Crippen molar-refractivity contribution in [1.82, 2.24) is 9.80 Å². The summed E-state index contributed by atoms with van der Waals surface area (Å²) in [5.74, 6) is 0. The lowest BCUT2D eigenvalue weighted by atomic mass is 9.79. The largest absolute Gasteiger partial charge is 0.444 e. The van der Waals surface area contributed by atoms with E-state index in [1.807, 2.05) is 25.7 Å². The fraction of sp³-hybridized carbons (Fsp3) is 0.833. The lowest BCUT2D eigenvalue weighted by Crippen LogP contribution is -2.61. The normalized spacial score (nSPS) is 21.9. The Kier molecular flexibility index (Phi) is 3.17. The Balaban J connectivity index is 1.86. The quantitative estimate of drug-likeness (QED) is 0.670. The number of hydrogen-bond donors (Lipinski definition) is 1. The number of thiocarbonyl (C=S) groups is 1. The molecule has 2 heterocycles. The number of hydrogen-bond acceptors (Lipinski definition) is 3. The Hall–Kier alpha value is -1.04. The molecule has 0 aliphatic carbocycles. The van der Waals surface area contributed by atoms with Gasteiger partial charge >= 0.3 is 6.09 Å². The maximum atomic E-state index is 11.9. The molecule has 5 nitrogen and oxygen atoms in total. The average Bonchev–Trinajstić information content (AvgIpc) is 2.56. The number of ether oxygens (including phenoxy) is 1. The van der Waals surface area contributed by atoms with Gasteiger partial charge in [0.05, 0.1) is 0 Å². The number of carbonyl (C=O) groups is 1. The molecule has 2 rings (SSSR count). The molecule has 0 aromatic carbocycles. The van der Waals surface area contributed by atoms with Gasteiger partial charge in [-0.2, -0.15) is 0 Å². The maximum absolute atomic E-state index is 11.9. The van der Waals surface area contributed by atoms with Gasteiger partial charge in [-0.05, 0) is 39.4 Å². The van der Waals surface area contributed by atoms with Crippen molar-refractivity contribution in [3.63, 3.8) is 0 Å². The van der Waals surface area contributed by atoms with E-state index in [1.54, 1.807) is 4.90 Å². The van der Waals surface area contributed by atoms with Crippen molar-refractivity contribution in [2.45, 2.75) is 32.8 Å². The number of nitrogens with zero attached hydrogens (tertiary/aromatic N) is 2. The van der Waals surface area contributed by atoms with E-state index in [1.165, 1.54) is 0 Å². The van der Waals surface area contributed by atoms with E-state index in [-0.39, 0.29) is 11.5 Å². The molecule has 0 bridgehead atoms. The van der Waals surface area contributed by atoms with Gasteiger partial charge < -0.3 is 20.3 Å². The van der Waals surface area contributed by atoms with Crippen LogP contribution in [0.25, 0.3) is 0 Å². The minimum Gasteiger partial charge on any atom is -0.444 e. The van der Waals surface area contributed by atoms with Crippen LogP contribution in [0.2, 0.25) is 0 Å². The molecule has 2 N–H and O–H groups in total. The number of amides is 1. The average molecular weight is 271 g/mol. The van der Waals surface area contributed by atoms with Crippen LogP contribution in [0.4, 0.5) is 4.79 Å². The van der Waals surface area contributed by atoms with E-state index in [0.29, 0.717) is 5.11 Å². The van der Waals surface area contributed by atoms with Crippen molar-refractivity contribution >= 4 is 23.4 Å². The molecule has 6 heteroatoms. The molecule has 2 aliphatic rings. The van der Waals surface area contributed by atoms with Crippen molar-refractivity contribution in [1.29, 1.82) is 0 Å². The molecule has 0 saturated carbocycles. The van der Waals surface area contributed by atoms with E-state index >= 15 is 0 Å². The molecule has 2 aliphatic heterocycles. The van der Waals surface area contributed by atoms with Crippen molar-refractivity contribution in [2.24, 2.45) is 11.1 Å². The van der Waals surface area contributed by atoms with E-state index in [4.69, 9.17) is 22.7 Å². The van der Waals surface area contributed by atoms with Gasteiger partial charge in [0.25, 0.3) is 0 Å². The van der Waals surface area contributed by atoms with E-state index in [9.17, 15) is 4.79 Å². The van der Waals surface area contributed by atoms with Gasteiger partial charge in [0, 0.05) is 31.6 Å². The molecule has 2 fully saturated rings. The molecular weight excluding hydrogens is 250 g/mol. The molecule has 0 aromatic heterocycles. The standard InChI is InChI=1S/C12H21N3O2S/c1-11(2,3)17-10(16)14-5-4-12(6-14)7-15(8-12)9(13)18/h4-8H2,1-3H3,(H2,13,18). The Morgan fingerprint density at radius 3 is 2.33 bits per heavy atom. The molecule has 1 spiro atoms. The van der Waals surface area contributed by atoms with Gasteiger partial charge in [0.15, 0.2) is 5.11 Å². The molecule has 0 radical (unpaired) electrons. The highest BCUT2D eigenvalue weighted by Crippen LogP contribution is 2.39. The first kappa shape index (κ1) is 13.4. The van der Waals surface area contributed by atoms with Crippen molar-refractivity contribution in [3.8, 4) is 0 Å². The predicted octanol–water partition coefficient (Wildman–Crippen LogP) is 1.17. The smallest absolute Gasteiger partial charge is 0.410 e. The van der Waals surface area contributed by atoms with Crippen LogP contribution >= 0.6 is 12.2 Å². The molecule has 0 unspecified atom stereocenters. The summed E-state index contributed by atoms with van der Waals surface area (Å²) in [6.07, 6.45) is 0.791. The second-order valence-corrected chi connectivity index (χ2v) is 6.76. The summed E-state index contributed by atoms with van der Waals surface area (Å²) < 4.78 is 5.38. The fourth-order valence-electron chi connectivity index (χ4n) is 2.59. The molecular formula is C12H21N3O2S. The van der Waals surface area contributed by atoms with Gasteiger partial charge in [0.1, 0.15) is 5.60 Å². The first-order valence-electron chi connectivity index (χ1n) is 6.23. The van der Waals surface area contributed by atoms with E-state index < -0.39 is 5.60 Å². The van der Waals surface area contributed by atoms with Crippen LogP contribution in [0.15, 0.2) is 0 Å². The van der Waals surface area contributed by atoms with Crippen LogP contribution in [0.5, 0.6) is 0 Å². The SMILES string of the molecule is CC(C)(C)OC(=O)N1CCC2(C1)CN(C(N)=S)C2. The molecule has 102 valence electrons. The van der Waals surface area contributed by atoms with Crippen LogP contribution in [-0.2, 0) is 4.74 Å².